The van der Waals surface area contributed by atoms with Gasteiger partial charge in [-0.15, -0.1) is 0 Å². The highest BCUT2D eigenvalue weighted by molar-refractivity contribution is 9.10. The molecule has 3 rings (SSSR count). The zero-order chi connectivity index (χ0) is 14.3. The van der Waals surface area contributed by atoms with Crippen LogP contribution in [-0.4, -0.2) is 25.2 Å². The van der Waals surface area contributed by atoms with Crippen LogP contribution in [0.15, 0.2) is 41.3 Å². The maximum atomic E-state index is 12.8. The van der Waals surface area contributed by atoms with Gasteiger partial charge in [-0.3, -0.25) is 9.48 Å². The van der Waals surface area contributed by atoms with Crippen LogP contribution in [0.4, 0.5) is 0 Å². The summed E-state index contributed by atoms with van der Waals surface area (Å²) in [5.74, 6) is -0.0794. The van der Waals surface area contributed by atoms with E-state index in [1.54, 1.807) is 21.6 Å². The minimum absolute atomic E-state index is 0.0794. The van der Waals surface area contributed by atoms with E-state index in [0.29, 0.717) is 15.7 Å². The smallest absolute Gasteiger partial charge is 0.215 e. The quantitative estimate of drug-likeness (QED) is 0.692. The fourth-order valence-electron chi connectivity index (χ4n) is 2.18. The van der Waals surface area contributed by atoms with E-state index in [1.807, 2.05) is 38.2 Å². The summed E-state index contributed by atoms with van der Waals surface area (Å²) in [6, 6.07) is 5.76. The minimum atomic E-state index is -0.0794. The second-order valence-corrected chi connectivity index (χ2v) is 5.65. The summed E-state index contributed by atoms with van der Waals surface area (Å²) in [5.41, 5.74) is 1.92. The molecule has 3 aromatic heterocycles. The van der Waals surface area contributed by atoms with Crippen LogP contribution in [0.3, 0.4) is 0 Å². The van der Waals surface area contributed by atoms with Gasteiger partial charge < -0.3 is 0 Å². The molecule has 102 valence electrons. The van der Waals surface area contributed by atoms with E-state index >= 15 is 0 Å². The first-order chi connectivity index (χ1) is 9.59. The van der Waals surface area contributed by atoms with E-state index < -0.39 is 0 Å². The van der Waals surface area contributed by atoms with E-state index in [1.165, 1.54) is 0 Å². The number of aromatic nitrogens is 4. The first-order valence-electron chi connectivity index (χ1n) is 6.29. The molecule has 0 fully saturated rings. The predicted molar refractivity (Wildman–Crippen MR) is 78.9 cm³/mol. The van der Waals surface area contributed by atoms with Crippen LogP contribution in [0.2, 0.25) is 0 Å². The third-order valence-corrected chi connectivity index (χ3v) is 3.71. The second-order valence-electron chi connectivity index (χ2n) is 4.80. The Morgan fingerprint density at radius 3 is 2.80 bits per heavy atom. The fraction of sp³-hybridized carbons (Fsp3) is 0.214. The van der Waals surface area contributed by atoms with E-state index in [0.717, 1.165) is 5.52 Å². The summed E-state index contributed by atoms with van der Waals surface area (Å²) < 4.78 is 4.11. The summed E-state index contributed by atoms with van der Waals surface area (Å²) in [7, 11) is 0. The van der Waals surface area contributed by atoms with Gasteiger partial charge >= 0.3 is 0 Å². The van der Waals surface area contributed by atoms with Crippen LogP contribution < -0.4 is 0 Å². The lowest BCUT2D eigenvalue weighted by atomic mass is 10.1. The van der Waals surface area contributed by atoms with Gasteiger partial charge in [-0.25, -0.2) is 4.52 Å². The largest absolute Gasteiger partial charge is 0.287 e. The third kappa shape index (κ3) is 1.96. The molecule has 0 aromatic carbocycles. The van der Waals surface area contributed by atoms with Crippen LogP contribution in [0, 0.1) is 0 Å². The molecule has 0 radical (unpaired) electrons. The zero-order valence-corrected chi connectivity index (χ0v) is 12.7. The topological polar surface area (TPSA) is 52.2 Å². The van der Waals surface area contributed by atoms with Gasteiger partial charge in [0.1, 0.15) is 5.69 Å². The molecule has 3 heterocycles. The van der Waals surface area contributed by atoms with Gasteiger partial charge in [-0.05, 0) is 41.9 Å². The number of nitrogens with zero attached hydrogens (tertiary/aromatic N) is 4. The number of hydrogen-bond acceptors (Lipinski definition) is 3. The van der Waals surface area contributed by atoms with Crippen LogP contribution in [0.25, 0.3) is 5.52 Å². The molecular weight excluding hydrogens is 320 g/mol. The molecule has 0 saturated carbocycles. The van der Waals surface area contributed by atoms with Gasteiger partial charge in [0, 0.05) is 12.2 Å². The van der Waals surface area contributed by atoms with Gasteiger partial charge in [0.2, 0.25) is 5.78 Å². The summed E-state index contributed by atoms with van der Waals surface area (Å²) in [6.07, 6.45) is 5.07. The van der Waals surface area contributed by atoms with Crippen LogP contribution in [-0.2, 0) is 0 Å². The zero-order valence-electron chi connectivity index (χ0n) is 11.1. The van der Waals surface area contributed by atoms with Crippen molar-refractivity contribution in [3.63, 3.8) is 0 Å². The number of pyridine rings is 1. The number of carbonyl (C=O) groups excluding carboxylic acids is 1. The normalized spacial score (nSPS) is 11.4. The Morgan fingerprint density at radius 2 is 2.05 bits per heavy atom. The molecule has 6 heteroatoms. The Kier molecular flexibility index (Phi) is 3.17. The molecule has 3 aromatic rings. The molecule has 0 aliphatic heterocycles. The molecule has 0 saturated heterocycles. The molecule has 0 aliphatic carbocycles. The van der Waals surface area contributed by atoms with Crippen molar-refractivity contribution in [1.29, 1.82) is 0 Å². The first-order valence-corrected chi connectivity index (χ1v) is 7.09. The van der Waals surface area contributed by atoms with Crippen molar-refractivity contribution in [2.75, 3.05) is 0 Å². The van der Waals surface area contributed by atoms with Gasteiger partial charge in [0.25, 0.3) is 0 Å². The van der Waals surface area contributed by atoms with E-state index in [9.17, 15) is 4.79 Å². The van der Waals surface area contributed by atoms with Crippen LogP contribution in [0.5, 0.6) is 0 Å². The van der Waals surface area contributed by atoms with Crippen LogP contribution >= 0.6 is 15.9 Å². The lowest BCUT2D eigenvalue weighted by Gasteiger charge is -2.10. The van der Waals surface area contributed by atoms with E-state index in [2.05, 4.69) is 26.1 Å². The van der Waals surface area contributed by atoms with Crippen LogP contribution in [0.1, 0.15) is 35.9 Å². The summed E-state index contributed by atoms with van der Waals surface area (Å²) in [5, 5.41) is 8.45. The number of carbonyl (C=O) groups is 1. The lowest BCUT2D eigenvalue weighted by Crippen LogP contribution is -2.13. The van der Waals surface area contributed by atoms with Gasteiger partial charge in [-0.2, -0.15) is 10.2 Å². The monoisotopic (exact) mass is 332 g/mol. The maximum Gasteiger partial charge on any atom is 0.215 e. The van der Waals surface area contributed by atoms with Crippen molar-refractivity contribution >= 4 is 27.2 Å². The number of rotatable bonds is 3. The molecule has 0 atom stereocenters. The molecule has 0 unspecified atom stereocenters. The van der Waals surface area contributed by atoms with Crippen molar-refractivity contribution in [3.8, 4) is 0 Å². The molecule has 0 bridgehead atoms. The molecule has 0 aliphatic rings. The maximum absolute atomic E-state index is 12.8. The molecular formula is C14H13BrN4O. The number of halogens is 1. The highest BCUT2D eigenvalue weighted by Gasteiger charge is 2.23. The Bertz CT molecular complexity index is 787. The van der Waals surface area contributed by atoms with Gasteiger partial charge in [-0.1, -0.05) is 6.07 Å². The number of hydrogen-bond donors (Lipinski definition) is 0. The third-order valence-electron chi connectivity index (χ3n) is 3.13. The van der Waals surface area contributed by atoms with Crippen molar-refractivity contribution in [2.24, 2.45) is 0 Å². The summed E-state index contributed by atoms with van der Waals surface area (Å²) in [6.45, 7) is 3.98. The highest BCUT2D eigenvalue weighted by Crippen LogP contribution is 2.24. The molecule has 0 amide bonds. The molecule has 0 N–H and O–H groups in total. The molecule has 5 nitrogen and oxygen atoms in total. The Hall–Kier alpha value is -1.95. The van der Waals surface area contributed by atoms with Gasteiger partial charge in [0.05, 0.1) is 27.9 Å². The standard InChI is InChI=1S/C14H13BrN4O/c1-9(2)19-13(11(15)8-17-19)14(20)10-7-16-18-6-4-3-5-12(10)18/h3-9H,1-2H3. The average molecular weight is 333 g/mol. The SMILES string of the molecule is CC(C)n1ncc(Br)c1C(=O)c1cnn2ccccc12. The van der Waals surface area contributed by atoms with E-state index in [-0.39, 0.29) is 11.8 Å². The van der Waals surface area contributed by atoms with Crippen molar-refractivity contribution in [2.45, 2.75) is 19.9 Å². The summed E-state index contributed by atoms with van der Waals surface area (Å²) in [4.78, 5) is 12.8. The predicted octanol–water partition coefficient (Wildman–Crippen LogP) is 3.11. The summed E-state index contributed by atoms with van der Waals surface area (Å²) >= 11 is 3.40. The molecule has 0 spiro atoms. The first kappa shape index (κ1) is 13.1. The highest BCUT2D eigenvalue weighted by atomic mass is 79.9. The fourth-order valence-corrected chi connectivity index (χ4v) is 2.64. The van der Waals surface area contributed by atoms with Crippen molar-refractivity contribution in [3.05, 3.63) is 52.5 Å². The average Bonchev–Trinajstić information content (AvgIpc) is 3.01. The number of ketones is 1. The van der Waals surface area contributed by atoms with Gasteiger partial charge in [0.15, 0.2) is 0 Å². The Balaban J connectivity index is 2.16. The second kappa shape index (κ2) is 4.86. The Labute approximate surface area is 124 Å². The number of fused-ring (bicyclic) bond motifs is 1. The van der Waals surface area contributed by atoms with E-state index in [4.69, 9.17) is 0 Å². The van der Waals surface area contributed by atoms with Crippen molar-refractivity contribution < 1.29 is 4.79 Å². The minimum Gasteiger partial charge on any atom is -0.287 e. The Morgan fingerprint density at radius 1 is 1.25 bits per heavy atom. The molecule has 20 heavy (non-hydrogen) atoms. The lowest BCUT2D eigenvalue weighted by molar-refractivity contribution is 0.102. The van der Waals surface area contributed by atoms with Crippen molar-refractivity contribution in [1.82, 2.24) is 19.4 Å².